The topological polar surface area (TPSA) is 103 Å². The lowest BCUT2D eigenvalue weighted by Gasteiger charge is -2.16. The molecule has 2 aromatic carbocycles. The summed E-state index contributed by atoms with van der Waals surface area (Å²) < 4.78 is 13.5. The standard InChI is InChI=1S/C23H23Br2N3O5/c1-5-12(2)21-27-18-7-6-15(24)9-16(18)22(29)28(21)26-11-14-8-19(32-4)20(10-17(14)25)33-13(3)23(30)31/h6-13H,5H2,1-4H3,(H,30,31)/t12-,13+/m0/s1. The number of hydrogen-bond donors (Lipinski definition) is 1. The summed E-state index contributed by atoms with van der Waals surface area (Å²) in [6.45, 7) is 5.45. The minimum atomic E-state index is -1.09. The summed E-state index contributed by atoms with van der Waals surface area (Å²) in [6, 6.07) is 8.63. The number of hydrogen-bond acceptors (Lipinski definition) is 6. The van der Waals surface area contributed by atoms with E-state index >= 15 is 0 Å². The molecule has 3 aromatic rings. The van der Waals surface area contributed by atoms with Crippen molar-refractivity contribution in [1.82, 2.24) is 9.66 Å². The number of aliphatic carboxylic acids is 1. The van der Waals surface area contributed by atoms with Crippen LogP contribution in [-0.4, -0.2) is 40.2 Å². The van der Waals surface area contributed by atoms with E-state index in [0.29, 0.717) is 32.5 Å². The van der Waals surface area contributed by atoms with Crippen molar-refractivity contribution in [2.75, 3.05) is 7.11 Å². The average Bonchev–Trinajstić information content (AvgIpc) is 2.79. The quantitative estimate of drug-likeness (QED) is 0.368. The van der Waals surface area contributed by atoms with Crippen LogP contribution in [0.25, 0.3) is 10.9 Å². The molecule has 0 unspecified atom stereocenters. The Morgan fingerprint density at radius 1 is 1.24 bits per heavy atom. The molecule has 0 fully saturated rings. The highest BCUT2D eigenvalue weighted by molar-refractivity contribution is 9.10. The minimum absolute atomic E-state index is 0.00848. The van der Waals surface area contributed by atoms with E-state index in [1.54, 1.807) is 24.3 Å². The smallest absolute Gasteiger partial charge is 0.344 e. The third-order valence-electron chi connectivity index (χ3n) is 5.13. The maximum absolute atomic E-state index is 13.3. The Morgan fingerprint density at radius 3 is 2.61 bits per heavy atom. The van der Waals surface area contributed by atoms with Crippen LogP contribution in [0.15, 0.2) is 49.2 Å². The molecule has 0 saturated heterocycles. The normalized spacial score (nSPS) is 13.3. The van der Waals surface area contributed by atoms with Gasteiger partial charge in [-0.25, -0.2) is 9.78 Å². The zero-order valence-corrected chi connectivity index (χ0v) is 21.7. The van der Waals surface area contributed by atoms with Gasteiger partial charge in [-0.1, -0.05) is 29.8 Å². The van der Waals surface area contributed by atoms with Crippen LogP contribution in [0.5, 0.6) is 11.5 Å². The highest BCUT2D eigenvalue weighted by Crippen LogP contribution is 2.33. The molecule has 0 spiro atoms. The molecule has 33 heavy (non-hydrogen) atoms. The van der Waals surface area contributed by atoms with Gasteiger partial charge in [0, 0.05) is 20.4 Å². The lowest BCUT2D eigenvalue weighted by Crippen LogP contribution is -2.24. The lowest BCUT2D eigenvalue weighted by molar-refractivity contribution is -0.144. The van der Waals surface area contributed by atoms with Crippen LogP contribution in [0.2, 0.25) is 0 Å². The van der Waals surface area contributed by atoms with Crippen LogP contribution in [-0.2, 0) is 4.79 Å². The largest absolute Gasteiger partial charge is 0.493 e. The SMILES string of the molecule is CC[C@H](C)c1nc2ccc(Br)cc2c(=O)n1N=Cc1cc(OC)c(O[C@H](C)C(=O)O)cc1Br. The third kappa shape index (κ3) is 5.44. The first-order chi connectivity index (χ1) is 15.7. The van der Waals surface area contributed by atoms with Crippen molar-refractivity contribution in [3.8, 4) is 11.5 Å². The molecule has 8 nitrogen and oxygen atoms in total. The van der Waals surface area contributed by atoms with E-state index in [1.807, 2.05) is 19.9 Å². The van der Waals surface area contributed by atoms with Crippen molar-refractivity contribution in [2.45, 2.75) is 39.2 Å². The maximum Gasteiger partial charge on any atom is 0.344 e. The molecule has 1 N–H and O–H groups in total. The number of carbonyl (C=O) groups is 1. The second kappa shape index (κ2) is 10.5. The van der Waals surface area contributed by atoms with Crippen molar-refractivity contribution in [1.29, 1.82) is 0 Å². The fraction of sp³-hybridized carbons (Fsp3) is 0.304. The number of carboxylic acid groups (broad SMARTS) is 1. The molecule has 0 saturated carbocycles. The molecular weight excluding hydrogens is 558 g/mol. The number of methoxy groups -OCH3 is 1. The van der Waals surface area contributed by atoms with E-state index in [2.05, 4.69) is 37.0 Å². The fourth-order valence-electron chi connectivity index (χ4n) is 3.04. The first-order valence-electron chi connectivity index (χ1n) is 10.2. The minimum Gasteiger partial charge on any atom is -0.493 e. The summed E-state index contributed by atoms with van der Waals surface area (Å²) in [7, 11) is 1.46. The predicted molar refractivity (Wildman–Crippen MR) is 134 cm³/mol. The number of nitrogens with zero attached hydrogens (tertiary/aromatic N) is 3. The van der Waals surface area contributed by atoms with Gasteiger partial charge < -0.3 is 14.6 Å². The highest BCUT2D eigenvalue weighted by Gasteiger charge is 2.18. The lowest BCUT2D eigenvalue weighted by atomic mass is 10.1. The van der Waals surface area contributed by atoms with E-state index < -0.39 is 12.1 Å². The summed E-state index contributed by atoms with van der Waals surface area (Å²) in [5, 5.41) is 14.0. The van der Waals surface area contributed by atoms with E-state index in [9.17, 15) is 9.59 Å². The van der Waals surface area contributed by atoms with Crippen LogP contribution < -0.4 is 15.0 Å². The molecular formula is C23H23Br2N3O5. The Morgan fingerprint density at radius 2 is 1.97 bits per heavy atom. The molecule has 1 aromatic heterocycles. The van der Waals surface area contributed by atoms with E-state index in [-0.39, 0.29) is 17.2 Å². The van der Waals surface area contributed by atoms with E-state index in [1.165, 1.54) is 24.9 Å². The second-order valence-corrected chi connectivity index (χ2v) is 9.20. The molecule has 174 valence electrons. The summed E-state index contributed by atoms with van der Waals surface area (Å²) >= 11 is 6.86. The molecule has 10 heteroatoms. The van der Waals surface area contributed by atoms with Gasteiger partial charge in [0.25, 0.3) is 5.56 Å². The van der Waals surface area contributed by atoms with Gasteiger partial charge in [-0.05, 0) is 59.6 Å². The number of ether oxygens (including phenoxy) is 2. The van der Waals surface area contributed by atoms with Crippen molar-refractivity contribution in [3.05, 3.63) is 61.0 Å². The van der Waals surface area contributed by atoms with E-state index in [0.717, 1.165) is 10.9 Å². The van der Waals surface area contributed by atoms with Gasteiger partial charge in [0.15, 0.2) is 17.6 Å². The monoisotopic (exact) mass is 579 g/mol. The molecule has 0 radical (unpaired) electrons. The van der Waals surface area contributed by atoms with Gasteiger partial charge in [0.1, 0.15) is 5.82 Å². The molecule has 1 heterocycles. The maximum atomic E-state index is 13.3. The molecule has 0 aliphatic heterocycles. The summed E-state index contributed by atoms with van der Waals surface area (Å²) in [4.78, 5) is 29.1. The molecule has 0 aliphatic carbocycles. The van der Waals surface area contributed by atoms with Crippen molar-refractivity contribution in [3.63, 3.8) is 0 Å². The molecule has 0 amide bonds. The average molecular weight is 581 g/mol. The van der Waals surface area contributed by atoms with Crippen molar-refractivity contribution < 1.29 is 19.4 Å². The first kappa shape index (κ1) is 24.9. The predicted octanol–water partition coefficient (Wildman–Crippen LogP) is 5.18. The van der Waals surface area contributed by atoms with Crippen molar-refractivity contribution in [2.24, 2.45) is 5.10 Å². The number of benzene rings is 2. The van der Waals surface area contributed by atoms with Gasteiger partial charge in [0.05, 0.1) is 24.2 Å². The summed E-state index contributed by atoms with van der Waals surface area (Å²) in [5.74, 6) is 0.0844. The van der Waals surface area contributed by atoms with Crippen LogP contribution in [0, 0.1) is 0 Å². The summed E-state index contributed by atoms with van der Waals surface area (Å²) in [6.07, 6.45) is 1.26. The number of carboxylic acids is 1. The molecule has 3 rings (SSSR count). The van der Waals surface area contributed by atoms with Crippen molar-refractivity contribution >= 4 is 54.9 Å². The number of halogens is 2. The van der Waals surface area contributed by atoms with Crippen LogP contribution >= 0.6 is 31.9 Å². The Kier molecular flexibility index (Phi) is 7.91. The van der Waals surface area contributed by atoms with Crippen LogP contribution in [0.4, 0.5) is 0 Å². The van der Waals surface area contributed by atoms with Gasteiger partial charge >= 0.3 is 5.97 Å². The number of rotatable bonds is 8. The third-order valence-corrected chi connectivity index (χ3v) is 6.31. The fourth-order valence-corrected chi connectivity index (χ4v) is 3.83. The second-order valence-electron chi connectivity index (χ2n) is 7.43. The number of aromatic nitrogens is 2. The van der Waals surface area contributed by atoms with Crippen LogP contribution in [0.1, 0.15) is 44.5 Å². The molecule has 0 aliphatic rings. The van der Waals surface area contributed by atoms with Gasteiger partial charge in [-0.2, -0.15) is 9.78 Å². The highest BCUT2D eigenvalue weighted by atomic mass is 79.9. The van der Waals surface area contributed by atoms with Crippen LogP contribution in [0.3, 0.4) is 0 Å². The Labute approximate surface area is 207 Å². The Balaban J connectivity index is 2.10. The molecule has 0 bridgehead atoms. The van der Waals surface area contributed by atoms with Gasteiger partial charge in [-0.3, -0.25) is 4.79 Å². The Bertz CT molecular complexity index is 1290. The van der Waals surface area contributed by atoms with E-state index in [4.69, 9.17) is 19.6 Å². The van der Waals surface area contributed by atoms with Gasteiger partial charge in [-0.15, -0.1) is 0 Å². The first-order valence-corrected chi connectivity index (χ1v) is 11.8. The summed E-state index contributed by atoms with van der Waals surface area (Å²) in [5.41, 5.74) is 0.951. The number of fused-ring (bicyclic) bond motifs is 1. The molecule has 2 atom stereocenters. The zero-order valence-electron chi connectivity index (χ0n) is 18.5. The zero-order chi connectivity index (χ0) is 24.3. The Hall–Kier alpha value is -2.72. The van der Waals surface area contributed by atoms with Gasteiger partial charge in [0.2, 0.25) is 0 Å².